The average Bonchev–Trinajstić information content (AvgIpc) is 3.42. The quantitative estimate of drug-likeness (QED) is 0.543. The number of Topliss-reactive ketones (excluding diaryl/α,β-unsaturated/α-hetero) is 1. The van der Waals surface area contributed by atoms with E-state index in [4.69, 9.17) is 15.2 Å². The number of hydrogen-bond acceptors (Lipinski definition) is 6. The van der Waals surface area contributed by atoms with Crippen LogP contribution in [0, 0.1) is 0 Å². The fourth-order valence-corrected chi connectivity index (χ4v) is 3.93. The molecule has 1 fully saturated rings. The maximum Gasteiger partial charge on any atom is 0.413 e. The summed E-state index contributed by atoms with van der Waals surface area (Å²) in [4.78, 5) is 54.0. The van der Waals surface area contributed by atoms with Crippen molar-refractivity contribution in [3.63, 3.8) is 0 Å². The van der Waals surface area contributed by atoms with E-state index in [1.54, 1.807) is 12.3 Å². The maximum absolute atomic E-state index is 13.5. The van der Waals surface area contributed by atoms with E-state index in [2.05, 4.69) is 10.3 Å². The average molecular weight is 456 g/mol. The Morgan fingerprint density at radius 2 is 1.97 bits per heavy atom. The van der Waals surface area contributed by atoms with Crippen LogP contribution < -0.4 is 15.8 Å². The number of amides is 3. The van der Waals surface area contributed by atoms with Crippen molar-refractivity contribution in [3.05, 3.63) is 54.4 Å². The van der Waals surface area contributed by atoms with Crippen LogP contribution in [-0.2, 0) is 24.5 Å². The minimum absolute atomic E-state index is 0.200. The number of primary amides is 1. The Morgan fingerprint density at radius 1 is 1.27 bits per heavy atom. The van der Waals surface area contributed by atoms with Gasteiger partial charge in [0.25, 0.3) is 0 Å². The summed E-state index contributed by atoms with van der Waals surface area (Å²) < 4.78 is 10.4. The minimum Gasteiger partial charge on any atom is -0.409 e. The predicted octanol–water partition coefficient (Wildman–Crippen LogP) is 1.12. The first-order valence-electron chi connectivity index (χ1n) is 10.5. The van der Waals surface area contributed by atoms with Gasteiger partial charge in [0.1, 0.15) is 24.4 Å². The highest BCUT2D eigenvalue weighted by atomic mass is 16.6. The molecule has 0 aliphatic carbocycles. The van der Waals surface area contributed by atoms with Gasteiger partial charge >= 0.3 is 6.09 Å². The Hall–Kier alpha value is -3.66. The molecule has 1 aromatic carbocycles. The molecule has 3 rings (SSSR count). The lowest BCUT2D eigenvalue weighted by atomic mass is 9.78. The van der Waals surface area contributed by atoms with E-state index < -0.39 is 47.3 Å². The first kappa shape index (κ1) is 24.0. The second-order valence-electron chi connectivity index (χ2n) is 8.58. The van der Waals surface area contributed by atoms with Gasteiger partial charge in [0.05, 0.1) is 0 Å². The molecule has 0 bridgehead atoms. The molecule has 3 atom stereocenters. The molecule has 2 heterocycles. The Labute approximate surface area is 191 Å². The largest absolute Gasteiger partial charge is 0.413 e. The molecule has 10 nitrogen and oxygen atoms in total. The Kier molecular flexibility index (Phi) is 7.17. The van der Waals surface area contributed by atoms with E-state index in [9.17, 15) is 19.2 Å². The molecular weight excluding hydrogens is 428 g/mol. The van der Waals surface area contributed by atoms with Gasteiger partial charge < -0.3 is 30.4 Å². The molecule has 0 saturated carbocycles. The summed E-state index contributed by atoms with van der Waals surface area (Å²) in [6.45, 7) is 3.56. The zero-order chi connectivity index (χ0) is 24.2. The van der Waals surface area contributed by atoms with Crippen molar-refractivity contribution >= 4 is 23.7 Å². The van der Waals surface area contributed by atoms with Crippen LogP contribution in [0.3, 0.4) is 0 Å². The van der Waals surface area contributed by atoms with Crippen LogP contribution in [0.1, 0.15) is 25.8 Å². The normalized spacial score (nSPS) is 19.1. The molecule has 33 heavy (non-hydrogen) atoms. The van der Waals surface area contributed by atoms with Crippen LogP contribution in [0.25, 0.3) is 0 Å². The van der Waals surface area contributed by atoms with Gasteiger partial charge in [-0.1, -0.05) is 44.2 Å². The number of likely N-dealkylation sites (N-methyl/N-ethyl adjacent to an activating group) is 1. The van der Waals surface area contributed by atoms with Gasteiger partial charge in [-0.3, -0.25) is 14.4 Å². The lowest BCUT2D eigenvalue weighted by Crippen LogP contribution is -2.57. The third-order valence-corrected chi connectivity index (χ3v) is 5.71. The van der Waals surface area contributed by atoms with E-state index in [1.165, 1.54) is 13.2 Å². The van der Waals surface area contributed by atoms with Crippen molar-refractivity contribution in [1.29, 1.82) is 0 Å². The topological polar surface area (TPSA) is 144 Å². The standard InChI is InChI=1S/C23H28N4O6/c1-23(2,14-7-5-4-6-8-14)11-16(26-22(31)33-15-9-10-25-12-15)21(30)27(3)18-17(28)13-32-19(18)20(24)29/h4-10,12,16,18-19,25H,11,13H2,1-3H3,(H2,24,29)(H,26,31)/t16-,18?,19?/m0/s1. The number of benzene rings is 1. The lowest BCUT2D eigenvalue weighted by molar-refractivity contribution is -0.141. The van der Waals surface area contributed by atoms with Crippen molar-refractivity contribution < 1.29 is 28.7 Å². The Bertz CT molecular complexity index is 1010. The first-order chi connectivity index (χ1) is 15.6. The summed E-state index contributed by atoms with van der Waals surface area (Å²) in [6, 6.07) is 8.86. The molecule has 0 spiro atoms. The molecule has 1 saturated heterocycles. The number of ketones is 1. The summed E-state index contributed by atoms with van der Waals surface area (Å²) in [5, 5.41) is 2.61. The van der Waals surface area contributed by atoms with Gasteiger partial charge in [-0.25, -0.2) is 4.79 Å². The van der Waals surface area contributed by atoms with Crippen molar-refractivity contribution in [2.45, 2.75) is 43.9 Å². The van der Waals surface area contributed by atoms with Gasteiger partial charge in [-0.2, -0.15) is 0 Å². The number of hydrogen-bond donors (Lipinski definition) is 3. The SMILES string of the molecule is CN(C(=O)[C@H](CC(C)(C)c1ccccc1)NC(=O)Oc1cc[nH]c1)C1C(=O)COC1C(N)=O. The molecule has 10 heteroatoms. The Morgan fingerprint density at radius 3 is 2.58 bits per heavy atom. The van der Waals surface area contributed by atoms with E-state index >= 15 is 0 Å². The van der Waals surface area contributed by atoms with E-state index in [0.29, 0.717) is 0 Å². The molecule has 176 valence electrons. The van der Waals surface area contributed by atoms with Crippen LogP contribution in [-0.4, -0.2) is 65.4 Å². The number of aromatic nitrogens is 1. The smallest absolute Gasteiger partial charge is 0.409 e. The summed E-state index contributed by atoms with van der Waals surface area (Å²) in [6.07, 6.45) is 1.20. The van der Waals surface area contributed by atoms with Crippen molar-refractivity contribution in [1.82, 2.24) is 15.2 Å². The first-order valence-corrected chi connectivity index (χ1v) is 10.5. The number of carbonyl (C=O) groups excluding carboxylic acids is 4. The molecule has 3 amide bonds. The summed E-state index contributed by atoms with van der Waals surface area (Å²) >= 11 is 0. The molecule has 0 radical (unpaired) electrons. The van der Waals surface area contributed by atoms with Crippen LogP contribution >= 0.6 is 0 Å². The number of carbonyl (C=O) groups is 4. The fourth-order valence-electron chi connectivity index (χ4n) is 3.93. The van der Waals surface area contributed by atoms with E-state index in [0.717, 1.165) is 10.5 Å². The predicted molar refractivity (Wildman–Crippen MR) is 118 cm³/mol. The number of aromatic amines is 1. The summed E-state index contributed by atoms with van der Waals surface area (Å²) in [7, 11) is 1.39. The highest BCUT2D eigenvalue weighted by molar-refractivity contribution is 5.99. The second kappa shape index (κ2) is 9.86. The van der Waals surface area contributed by atoms with Gasteiger partial charge in [-0.15, -0.1) is 0 Å². The molecule has 1 aliphatic rings. The third kappa shape index (κ3) is 5.58. The van der Waals surface area contributed by atoms with Crippen molar-refractivity contribution in [3.8, 4) is 5.75 Å². The van der Waals surface area contributed by atoms with Gasteiger partial charge in [0, 0.05) is 19.4 Å². The number of nitrogens with one attached hydrogen (secondary N) is 2. The highest BCUT2D eigenvalue weighted by Crippen LogP contribution is 2.29. The molecule has 2 unspecified atom stereocenters. The molecule has 1 aromatic heterocycles. The van der Waals surface area contributed by atoms with Crippen LogP contribution in [0.5, 0.6) is 5.75 Å². The van der Waals surface area contributed by atoms with Crippen LogP contribution in [0.4, 0.5) is 4.79 Å². The zero-order valence-corrected chi connectivity index (χ0v) is 18.7. The van der Waals surface area contributed by atoms with Gasteiger partial charge in [0.2, 0.25) is 11.8 Å². The number of ether oxygens (including phenoxy) is 2. The summed E-state index contributed by atoms with van der Waals surface area (Å²) in [5.74, 6) is -1.57. The van der Waals surface area contributed by atoms with E-state index in [1.807, 2.05) is 44.2 Å². The van der Waals surface area contributed by atoms with Gasteiger partial charge in [-0.05, 0) is 23.5 Å². The van der Waals surface area contributed by atoms with E-state index in [-0.39, 0.29) is 18.8 Å². The third-order valence-electron chi connectivity index (χ3n) is 5.71. The second-order valence-corrected chi connectivity index (χ2v) is 8.58. The fraction of sp³-hybridized carbons (Fsp3) is 0.391. The highest BCUT2D eigenvalue weighted by Gasteiger charge is 2.45. The number of nitrogens with two attached hydrogens (primary N) is 1. The monoisotopic (exact) mass is 456 g/mol. The molecule has 1 aliphatic heterocycles. The molecule has 2 aromatic rings. The van der Waals surface area contributed by atoms with Crippen LogP contribution in [0.15, 0.2) is 48.8 Å². The van der Waals surface area contributed by atoms with Crippen LogP contribution in [0.2, 0.25) is 0 Å². The van der Waals surface area contributed by atoms with Crippen molar-refractivity contribution in [2.24, 2.45) is 5.73 Å². The molecular formula is C23H28N4O6. The number of rotatable bonds is 8. The Balaban J connectivity index is 1.84. The minimum atomic E-state index is -1.25. The lowest BCUT2D eigenvalue weighted by Gasteiger charge is -2.34. The zero-order valence-electron chi connectivity index (χ0n) is 18.7. The number of H-pyrrole nitrogens is 1. The van der Waals surface area contributed by atoms with Crippen molar-refractivity contribution in [2.75, 3.05) is 13.7 Å². The summed E-state index contributed by atoms with van der Waals surface area (Å²) in [5.41, 5.74) is 5.79. The maximum atomic E-state index is 13.5. The van der Waals surface area contributed by atoms with Gasteiger partial charge in [0.15, 0.2) is 11.9 Å². The molecule has 4 N–H and O–H groups in total. The number of nitrogens with zero attached hydrogens (tertiary/aromatic N) is 1.